The average Bonchev–Trinajstić information content (AvgIpc) is 2.70. The number of nitrogens with two attached hydrogens (primary N) is 1. The highest BCUT2D eigenvalue weighted by Gasteiger charge is 2.18. The molecule has 18 heavy (non-hydrogen) atoms. The molecule has 2 N–H and O–H groups in total. The zero-order valence-corrected chi connectivity index (χ0v) is 11.4. The summed E-state index contributed by atoms with van der Waals surface area (Å²) >= 11 is 0. The smallest absolute Gasteiger partial charge is 0.134 e. The molecule has 0 aliphatic rings. The van der Waals surface area contributed by atoms with Crippen LogP contribution in [0.15, 0.2) is 34.7 Å². The highest BCUT2D eigenvalue weighted by Crippen LogP contribution is 2.21. The van der Waals surface area contributed by atoms with Crippen LogP contribution in [-0.2, 0) is 6.54 Å². The molecule has 0 radical (unpaired) electrons. The van der Waals surface area contributed by atoms with Crippen LogP contribution in [0.3, 0.4) is 0 Å². The van der Waals surface area contributed by atoms with Gasteiger partial charge in [0.25, 0.3) is 0 Å². The largest absolute Gasteiger partial charge is 0.460 e. The van der Waals surface area contributed by atoms with E-state index in [1.807, 2.05) is 18.2 Å². The molecule has 2 aromatic rings. The highest BCUT2D eigenvalue weighted by atomic mass is 16.3. The predicted molar refractivity (Wildman–Crippen MR) is 75.4 cm³/mol. The molecule has 0 amide bonds. The molecule has 0 unspecified atom stereocenters. The van der Waals surface area contributed by atoms with Gasteiger partial charge in [0.05, 0.1) is 6.54 Å². The second-order valence-corrected chi connectivity index (χ2v) is 5.79. The van der Waals surface area contributed by atoms with Crippen molar-refractivity contribution in [1.82, 2.24) is 4.90 Å². The summed E-state index contributed by atoms with van der Waals surface area (Å²) in [5.74, 6) is 1.01. The molecule has 0 aliphatic carbocycles. The lowest BCUT2D eigenvalue weighted by Crippen LogP contribution is -2.36. The van der Waals surface area contributed by atoms with Crippen LogP contribution in [0.5, 0.6) is 0 Å². The molecular formula is C15H22N2O. The first-order chi connectivity index (χ1) is 8.50. The van der Waals surface area contributed by atoms with E-state index in [2.05, 4.69) is 37.9 Å². The Morgan fingerprint density at radius 1 is 1.28 bits per heavy atom. The quantitative estimate of drug-likeness (QED) is 0.882. The minimum atomic E-state index is 0.140. The van der Waals surface area contributed by atoms with E-state index in [9.17, 15) is 0 Å². The van der Waals surface area contributed by atoms with E-state index in [4.69, 9.17) is 10.2 Å². The molecule has 3 nitrogen and oxygen atoms in total. The Balaban J connectivity index is 2.05. The highest BCUT2D eigenvalue weighted by molar-refractivity contribution is 5.77. The van der Waals surface area contributed by atoms with Crippen molar-refractivity contribution in [3.63, 3.8) is 0 Å². The normalized spacial score (nSPS) is 12.5. The number of nitrogens with zero attached hydrogens (tertiary/aromatic N) is 1. The molecule has 0 saturated heterocycles. The van der Waals surface area contributed by atoms with E-state index in [0.717, 1.165) is 24.4 Å². The topological polar surface area (TPSA) is 42.4 Å². The fourth-order valence-electron chi connectivity index (χ4n) is 2.23. The van der Waals surface area contributed by atoms with Gasteiger partial charge >= 0.3 is 0 Å². The van der Waals surface area contributed by atoms with Crippen LogP contribution in [0.1, 0.15) is 19.6 Å². The SMILES string of the molecule is CN(Cc1cc2ccccc2o1)CC(C)(C)CN. The summed E-state index contributed by atoms with van der Waals surface area (Å²) in [6.07, 6.45) is 0. The number of benzene rings is 1. The van der Waals surface area contributed by atoms with Crippen molar-refractivity contribution in [3.05, 3.63) is 36.1 Å². The zero-order chi connectivity index (χ0) is 13.2. The van der Waals surface area contributed by atoms with Gasteiger partial charge in [-0.2, -0.15) is 0 Å². The van der Waals surface area contributed by atoms with E-state index in [1.165, 1.54) is 5.39 Å². The minimum Gasteiger partial charge on any atom is -0.460 e. The first kappa shape index (κ1) is 13.1. The van der Waals surface area contributed by atoms with E-state index >= 15 is 0 Å². The number of fused-ring (bicyclic) bond motifs is 1. The third-order valence-electron chi connectivity index (χ3n) is 3.15. The Morgan fingerprint density at radius 2 is 2.00 bits per heavy atom. The molecular weight excluding hydrogens is 224 g/mol. The van der Waals surface area contributed by atoms with Crippen LogP contribution in [0.2, 0.25) is 0 Å². The summed E-state index contributed by atoms with van der Waals surface area (Å²) in [7, 11) is 2.10. The summed E-state index contributed by atoms with van der Waals surface area (Å²) in [4.78, 5) is 2.25. The summed E-state index contributed by atoms with van der Waals surface area (Å²) in [6, 6.07) is 10.2. The van der Waals surface area contributed by atoms with Gasteiger partial charge in [0.15, 0.2) is 0 Å². The van der Waals surface area contributed by atoms with Crippen LogP contribution in [0.4, 0.5) is 0 Å². The molecule has 0 spiro atoms. The number of furan rings is 1. The monoisotopic (exact) mass is 246 g/mol. The molecule has 3 heteroatoms. The Morgan fingerprint density at radius 3 is 2.67 bits per heavy atom. The summed E-state index contributed by atoms with van der Waals surface area (Å²) in [5.41, 5.74) is 6.86. The summed E-state index contributed by atoms with van der Waals surface area (Å²) in [6.45, 7) is 6.83. The fourth-order valence-corrected chi connectivity index (χ4v) is 2.23. The summed E-state index contributed by atoms with van der Waals surface area (Å²) < 4.78 is 5.81. The molecule has 0 aliphatic heterocycles. The lowest BCUT2D eigenvalue weighted by molar-refractivity contribution is 0.199. The lowest BCUT2D eigenvalue weighted by atomic mass is 9.93. The van der Waals surface area contributed by atoms with Crippen LogP contribution in [0, 0.1) is 5.41 Å². The summed E-state index contributed by atoms with van der Waals surface area (Å²) in [5, 5.41) is 1.17. The number of hydrogen-bond acceptors (Lipinski definition) is 3. The van der Waals surface area contributed by atoms with Crippen molar-refractivity contribution in [2.75, 3.05) is 20.1 Å². The Labute approximate surface area is 109 Å². The number of hydrogen-bond donors (Lipinski definition) is 1. The number of para-hydroxylation sites is 1. The molecule has 2 rings (SSSR count). The van der Waals surface area contributed by atoms with E-state index in [1.54, 1.807) is 0 Å². The van der Waals surface area contributed by atoms with Crippen LogP contribution in [0.25, 0.3) is 11.0 Å². The van der Waals surface area contributed by atoms with Crippen LogP contribution < -0.4 is 5.73 Å². The molecule has 1 heterocycles. The molecule has 1 aromatic heterocycles. The third kappa shape index (κ3) is 3.12. The van der Waals surface area contributed by atoms with Gasteiger partial charge in [-0.05, 0) is 31.1 Å². The average molecular weight is 246 g/mol. The Kier molecular flexibility index (Phi) is 3.73. The van der Waals surface area contributed by atoms with Gasteiger partial charge in [-0.15, -0.1) is 0 Å². The van der Waals surface area contributed by atoms with Crippen molar-refractivity contribution in [3.8, 4) is 0 Å². The van der Waals surface area contributed by atoms with Crippen molar-refractivity contribution in [2.45, 2.75) is 20.4 Å². The molecule has 0 bridgehead atoms. The molecule has 0 saturated carbocycles. The van der Waals surface area contributed by atoms with Gasteiger partial charge in [-0.1, -0.05) is 32.0 Å². The van der Waals surface area contributed by atoms with Crippen LogP contribution >= 0.6 is 0 Å². The van der Waals surface area contributed by atoms with E-state index in [-0.39, 0.29) is 5.41 Å². The van der Waals surface area contributed by atoms with Crippen LogP contribution in [-0.4, -0.2) is 25.0 Å². The maximum Gasteiger partial charge on any atom is 0.134 e. The molecule has 0 atom stereocenters. The van der Waals surface area contributed by atoms with Gasteiger partial charge < -0.3 is 10.2 Å². The van der Waals surface area contributed by atoms with Gasteiger partial charge in [-0.25, -0.2) is 0 Å². The second-order valence-electron chi connectivity index (χ2n) is 5.79. The second kappa shape index (κ2) is 5.12. The molecule has 0 fully saturated rings. The van der Waals surface area contributed by atoms with E-state index in [0.29, 0.717) is 6.54 Å². The standard InChI is InChI=1S/C15H22N2O/c1-15(2,10-16)11-17(3)9-13-8-12-6-4-5-7-14(12)18-13/h4-8H,9-11,16H2,1-3H3. The van der Waals surface area contributed by atoms with Gasteiger partial charge in [-0.3, -0.25) is 4.90 Å². The van der Waals surface area contributed by atoms with Crippen molar-refractivity contribution < 1.29 is 4.42 Å². The first-order valence-electron chi connectivity index (χ1n) is 6.36. The Hall–Kier alpha value is -1.32. The molecule has 1 aromatic carbocycles. The van der Waals surface area contributed by atoms with Gasteiger partial charge in [0, 0.05) is 11.9 Å². The molecule has 98 valence electrons. The van der Waals surface area contributed by atoms with Crippen molar-refractivity contribution >= 4 is 11.0 Å². The van der Waals surface area contributed by atoms with Gasteiger partial charge in [0.1, 0.15) is 11.3 Å². The first-order valence-corrected chi connectivity index (χ1v) is 6.36. The predicted octanol–water partition coefficient (Wildman–Crippen LogP) is 2.85. The third-order valence-corrected chi connectivity index (χ3v) is 3.15. The zero-order valence-electron chi connectivity index (χ0n) is 11.4. The lowest BCUT2D eigenvalue weighted by Gasteiger charge is -2.28. The number of rotatable bonds is 5. The fraction of sp³-hybridized carbons (Fsp3) is 0.467. The van der Waals surface area contributed by atoms with Crippen molar-refractivity contribution in [1.29, 1.82) is 0 Å². The van der Waals surface area contributed by atoms with Crippen molar-refractivity contribution in [2.24, 2.45) is 11.1 Å². The Bertz CT molecular complexity index is 483. The maximum absolute atomic E-state index is 5.81. The maximum atomic E-state index is 5.81. The van der Waals surface area contributed by atoms with E-state index < -0.39 is 0 Å². The minimum absolute atomic E-state index is 0.140. The van der Waals surface area contributed by atoms with Gasteiger partial charge in [0.2, 0.25) is 0 Å².